The molecule has 0 spiro atoms. The van der Waals surface area contributed by atoms with Crippen LogP contribution in [0.25, 0.3) is 0 Å². The van der Waals surface area contributed by atoms with Crippen LogP contribution in [0.15, 0.2) is 0 Å². The number of rotatable bonds is 0. The van der Waals surface area contributed by atoms with E-state index < -0.39 is 0 Å². The van der Waals surface area contributed by atoms with Crippen LogP contribution in [0.3, 0.4) is 0 Å². The third-order valence-electron chi connectivity index (χ3n) is 2.40. The van der Waals surface area contributed by atoms with Gasteiger partial charge in [0.25, 0.3) is 0 Å². The molecule has 4 saturated heterocycles. The van der Waals surface area contributed by atoms with E-state index in [-0.39, 0.29) is 0 Å². The third kappa shape index (κ3) is 1.45. The van der Waals surface area contributed by atoms with Crippen LogP contribution < -0.4 is 0 Å². The molecule has 0 saturated carbocycles. The summed E-state index contributed by atoms with van der Waals surface area (Å²) in [5.74, 6) is 0. The molecular weight excluding hydrogens is 176 g/mol. The molecule has 70 valence electrons. The van der Waals surface area contributed by atoms with Crippen LogP contribution in [0.4, 0.5) is 0 Å². The number of hydrogen-bond donors (Lipinski definition) is 0. The zero-order valence-electron chi connectivity index (χ0n) is 7.41. The minimum atomic E-state index is 1.19. The minimum absolute atomic E-state index is 1.19. The number of halogens is 1. The van der Waals surface area contributed by atoms with Crippen molar-refractivity contribution in [1.82, 2.24) is 19.6 Å². The smallest absolute Gasteiger partial charge is 0.0555 e. The zero-order valence-corrected chi connectivity index (χ0v) is 8.17. The van der Waals surface area contributed by atoms with Crippen molar-refractivity contribution in [3.63, 3.8) is 0 Å². The van der Waals surface area contributed by atoms with E-state index in [9.17, 15) is 0 Å². The monoisotopic (exact) mass is 190 g/mol. The van der Waals surface area contributed by atoms with Gasteiger partial charge < -0.3 is 0 Å². The van der Waals surface area contributed by atoms with Gasteiger partial charge in [0, 0.05) is 6.38 Å². The van der Waals surface area contributed by atoms with Crippen LogP contribution in [-0.2, 0) is 0 Å². The molecule has 4 fully saturated rings. The molecule has 0 aromatic heterocycles. The summed E-state index contributed by atoms with van der Waals surface area (Å²) in [7, 11) is 0. The van der Waals surface area contributed by atoms with Crippen molar-refractivity contribution < 1.29 is 0 Å². The molecule has 4 bridgehead atoms. The van der Waals surface area contributed by atoms with Gasteiger partial charge in [0.2, 0.25) is 0 Å². The van der Waals surface area contributed by atoms with Crippen LogP contribution in [0, 0.1) is 0 Å². The first kappa shape index (κ1) is 8.72. The largest absolute Gasteiger partial charge is 0.264 e. The first-order chi connectivity index (χ1) is 5.90. The van der Waals surface area contributed by atoms with E-state index in [1.165, 1.54) is 46.4 Å². The fourth-order valence-electron chi connectivity index (χ4n) is 2.23. The highest BCUT2D eigenvalue weighted by molar-refractivity contribution is 6.15. The predicted molar refractivity (Wildman–Crippen MR) is 48.3 cm³/mol. The quantitative estimate of drug-likeness (QED) is 0.492. The summed E-state index contributed by atoms with van der Waals surface area (Å²) in [5.41, 5.74) is 0. The lowest BCUT2D eigenvalue weighted by molar-refractivity contribution is -0.194. The van der Waals surface area contributed by atoms with E-state index in [4.69, 9.17) is 0 Å². The molecule has 4 heterocycles. The van der Waals surface area contributed by atoms with E-state index in [1.54, 1.807) is 0 Å². The molecule has 0 unspecified atom stereocenters. The van der Waals surface area contributed by atoms with Gasteiger partial charge in [-0.2, -0.15) is 0 Å². The number of alkyl halides is 1. The summed E-state index contributed by atoms with van der Waals surface area (Å²) >= 11 is 4.64. The Balaban J connectivity index is 0.000000264. The van der Waals surface area contributed by atoms with Crippen molar-refractivity contribution in [2.75, 3.05) is 46.4 Å². The summed E-state index contributed by atoms with van der Waals surface area (Å²) in [6.07, 6.45) is 1.47. The first-order valence-electron chi connectivity index (χ1n) is 4.17. The highest BCUT2D eigenvalue weighted by Gasteiger charge is 2.36. The van der Waals surface area contributed by atoms with E-state index in [1.807, 2.05) is 0 Å². The van der Waals surface area contributed by atoms with Crippen LogP contribution >= 0.6 is 11.6 Å². The summed E-state index contributed by atoms with van der Waals surface area (Å²) < 4.78 is 0. The molecule has 0 aromatic rings. The second-order valence-corrected chi connectivity index (χ2v) is 3.53. The third-order valence-corrected chi connectivity index (χ3v) is 2.40. The van der Waals surface area contributed by atoms with Crippen LogP contribution in [0.2, 0.25) is 0 Å². The molecular formula is C7H15ClN4. The van der Waals surface area contributed by atoms with Crippen LogP contribution in [-0.4, -0.2) is 66.0 Å². The van der Waals surface area contributed by atoms with Crippen molar-refractivity contribution in [2.24, 2.45) is 0 Å². The summed E-state index contributed by atoms with van der Waals surface area (Å²) in [4.78, 5) is 9.88. The fourth-order valence-corrected chi connectivity index (χ4v) is 2.23. The molecule has 5 heteroatoms. The Morgan fingerprint density at radius 3 is 0.917 bits per heavy atom. The highest BCUT2D eigenvalue weighted by atomic mass is 35.5. The number of nitrogens with zero attached hydrogens (tertiary/aromatic N) is 4. The molecule has 0 atom stereocenters. The fraction of sp³-hybridized carbons (Fsp3) is 1.00. The second kappa shape index (κ2) is 3.47. The lowest BCUT2D eigenvalue weighted by atomic mass is 10.4. The van der Waals surface area contributed by atoms with Gasteiger partial charge in [0.15, 0.2) is 0 Å². The average molecular weight is 191 g/mol. The maximum absolute atomic E-state index is 4.64. The zero-order chi connectivity index (χ0) is 8.55. The van der Waals surface area contributed by atoms with Crippen molar-refractivity contribution in [3.8, 4) is 0 Å². The van der Waals surface area contributed by atoms with Crippen LogP contribution in [0.5, 0.6) is 0 Å². The van der Waals surface area contributed by atoms with Gasteiger partial charge in [-0.1, -0.05) is 0 Å². The topological polar surface area (TPSA) is 13.0 Å². The normalized spacial score (nSPS) is 48.5. The molecule has 12 heavy (non-hydrogen) atoms. The maximum Gasteiger partial charge on any atom is 0.0555 e. The van der Waals surface area contributed by atoms with E-state index in [2.05, 4.69) is 31.2 Å². The van der Waals surface area contributed by atoms with Gasteiger partial charge in [0.05, 0.1) is 40.0 Å². The van der Waals surface area contributed by atoms with Gasteiger partial charge in [-0.25, -0.2) is 0 Å². The van der Waals surface area contributed by atoms with Gasteiger partial charge in [-0.3, -0.25) is 19.6 Å². The average Bonchev–Trinajstić information content (AvgIpc) is 2.05. The molecule has 0 aromatic carbocycles. The summed E-state index contributed by atoms with van der Waals surface area (Å²) in [5, 5.41) is 0. The maximum atomic E-state index is 4.64. The molecule has 4 aliphatic heterocycles. The highest BCUT2D eigenvalue weighted by Crippen LogP contribution is 2.20. The standard InChI is InChI=1S/C6H12N4.CH3Cl/c1-7-2-9-4-8(1)5-10(3-7)6-9;1-2/h1-6H2;1H3. The van der Waals surface area contributed by atoms with Gasteiger partial charge in [-0.05, 0) is 0 Å². The predicted octanol–water partition coefficient (Wildman–Crippen LogP) is -0.165. The Hall–Kier alpha value is 0.130. The van der Waals surface area contributed by atoms with Gasteiger partial charge >= 0.3 is 0 Å². The molecule has 0 radical (unpaired) electrons. The number of hydrogen-bond acceptors (Lipinski definition) is 4. The summed E-state index contributed by atoms with van der Waals surface area (Å²) in [6.45, 7) is 7.12. The van der Waals surface area contributed by atoms with E-state index in [0.717, 1.165) is 0 Å². The Labute approximate surface area is 78.3 Å². The lowest BCUT2D eigenvalue weighted by Crippen LogP contribution is -2.71. The molecule has 4 aliphatic rings. The summed E-state index contributed by atoms with van der Waals surface area (Å²) in [6, 6.07) is 0. The van der Waals surface area contributed by atoms with Crippen molar-refractivity contribution in [3.05, 3.63) is 0 Å². The van der Waals surface area contributed by atoms with Crippen LogP contribution in [0.1, 0.15) is 0 Å². The van der Waals surface area contributed by atoms with Gasteiger partial charge in [-0.15, -0.1) is 11.6 Å². The van der Waals surface area contributed by atoms with Gasteiger partial charge in [0.1, 0.15) is 0 Å². The SMILES string of the molecule is C1N2CN3CN1CN(C2)C3.CCl. The first-order valence-corrected chi connectivity index (χ1v) is 4.93. The van der Waals surface area contributed by atoms with Crippen molar-refractivity contribution >= 4 is 11.6 Å². The second-order valence-electron chi connectivity index (χ2n) is 3.53. The molecule has 4 nitrogen and oxygen atoms in total. The Kier molecular flexibility index (Phi) is 2.52. The Bertz CT molecular complexity index is 107. The molecule has 0 amide bonds. The molecule has 4 rings (SSSR count). The van der Waals surface area contributed by atoms with E-state index >= 15 is 0 Å². The van der Waals surface area contributed by atoms with E-state index in [0.29, 0.717) is 0 Å². The van der Waals surface area contributed by atoms with Crippen molar-refractivity contribution in [2.45, 2.75) is 0 Å². The van der Waals surface area contributed by atoms with Crippen molar-refractivity contribution in [1.29, 1.82) is 0 Å². The lowest BCUT2D eigenvalue weighted by Gasteiger charge is -2.56. The molecule has 0 N–H and O–H groups in total. The molecule has 0 aliphatic carbocycles. The Morgan fingerprint density at radius 1 is 0.583 bits per heavy atom. The minimum Gasteiger partial charge on any atom is -0.264 e. The Morgan fingerprint density at radius 2 is 0.750 bits per heavy atom.